The van der Waals surface area contributed by atoms with Gasteiger partial charge >= 0.3 is 0 Å². The predicted molar refractivity (Wildman–Crippen MR) is 103 cm³/mol. The van der Waals surface area contributed by atoms with Gasteiger partial charge in [0.1, 0.15) is 5.69 Å². The number of nitrogens with zero attached hydrogens (tertiary/aromatic N) is 5. The number of para-hydroxylation sites is 1. The monoisotopic (exact) mass is 392 g/mol. The molecule has 29 heavy (non-hydrogen) atoms. The van der Waals surface area contributed by atoms with Gasteiger partial charge in [-0.25, -0.2) is 10.2 Å². The summed E-state index contributed by atoms with van der Waals surface area (Å²) in [6.07, 6.45) is 1.73. The first-order valence-electron chi connectivity index (χ1n) is 8.66. The second-order valence-electron chi connectivity index (χ2n) is 6.41. The molecular formula is C19H16N6O4. The Morgan fingerprint density at radius 2 is 1.86 bits per heavy atom. The molecule has 0 saturated heterocycles. The quantitative estimate of drug-likeness (QED) is 0.262. The van der Waals surface area contributed by atoms with Crippen LogP contribution in [0.1, 0.15) is 21.6 Å². The normalized spacial score (nSPS) is 10.9. The molecule has 4 aromatic rings. The van der Waals surface area contributed by atoms with Gasteiger partial charge < -0.3 is 9.67 Å². The van der Waals surface area contributed by atoms with Crippen molar-refractivity contribution >= 4 is 22.5 Å². The Morgan fingerprint density at radius 3 is 2.59 bits per heavy atom. The number of rotatable bonds is 6. The number of amides is 1. The average molecular weight is 392 g/mol. The summed E-state index contributed by atoms with van der Waals surface area (Å²) in [6, 6.07) is 13.8. The van der Waals surface area contributed by atoms with Gasteiger partial charge in [-0.15, -0.1) is 10.0 Å². The Hall–Kier alpha value is -4.05. The smallest absolute Gasteiger partial charge is 0.274 e. The first-order chi connectivity index (χ1) is 14.1. The van der Waals surface area contributed by atoms with Crippen LogP contribution in [0.25, 0.3) is 10.9 Å². The minimum atomic E-state index is -0.581. The first kappa shape index (κ1) is 18.3. The van der Waals surface area contributed by atoms with E-state index in [-0.39, 0.29) is 18.1 Å². The van der Waals surface area contributed by atoms with Gasteiger partial charge in [0.15, 0.2) is 5.69 Å². The third-order valence-corrected chi connectivity index (χ3v) is 4.58. The van der Waals surface area contributed by atoms with E-state index < -0.39 is 5.91 Å². The summed E-state index contributed by atoms with van der Waals surface area (Å²) in [6.45, 7) is 0.644. The lowest BCUT2D eigenvalue weighted by atomic mass is 10.1. The summed E-state index contributed by atoms with van der Waals surface area (Å²) in [4.78, 5) is 22.5. The topological polar surface area (TPSA) is 135 Å². The van der Waals surface area contributed by atoms with E-state index in [0.29, 0.717) is 28.7 Å². The molecule has 3 N–H and O–H groups in total. The average Bonchev–Trinajstić information content (AvgIpc) is 3.30. The highest BCUT2D eigenvalue weighted by Gasteiger charge is 2.18. The number of nitroso groups, excluding NO2 is 1. The van der Waals surface area contributed by atoms with Crippen molar-refractivity contribution in [3.63, 3.8) is 0 Å². The molecule has 4 rings (SSSR count). The van der Waals surface area contributed by atoms with Crippen LogP contribution in [0, 0.1) is 4.91 Å². The van der Waals surface area contributed by atoms with Crippen molar-refractivity contribution < 1.29 is 15.1 Å². The molecule has 0 aliphatic heterocycles. The second-order valence-corrected chi connectivity index (χ2v) is 6.41. The van der Waals surface area contributed by atoms with Crippen LogP contribution < -0.4 is 5.48 Å². The Kier molecular flexibility index (Phi) is 4.75. The fourth-order valence-electron chi connectivity index (χ4n) is 3.19. The minimum absolute atomic E-state index is 0.00000204. The maximum absolute atomic E-state index is 11.4. The number of nitrogens with one attached hydrogen (secondary N) is 1. The van der Waals surface area contributed by atoms with Gasteiger partial charge in [0.05, 0.1) is 24.8 Å². The SMILES string of the molecule is O=Nc1c(O)n(Cc2cn(Cc3ccc(C(=O)NO)cc3)nn2)c2ccccc12. The molecule has 0 unspecified atom stereocenters. The molecule has 0 spiro atoms. The van der Waals surface area contributed by atoms with E-state index in [9.17, 15) is 14.8 Å². The maximum Gasteiger partial charge on any atom is 0.274 e. The van der Waals surface area contributed by atoms with Gasteiger partial charge in [-0.2, -0.15) is 0 Å². The van der Waals surface area contributed by atoms with E-state index in [1.165, 1.54) is 0 Å². The van der Waals surface area contributed by atoms with Gasteiger partial charge in [0.25, 0.3) is 5.91 Å². The third kappa shape index (κ3) is 3.44. The van der Waals surface area contributed by atoms with Crippen LogP contribution in [0.4, 0.5) is 5.69 Å². The fraction of sp³-hybridized carbons (Fsp3) is 0.105. The van der Waals surface area contributed by atoms with Crippen molar-refractivity contribution in [1.82, 2.24) is 25.0 Å². The number of carbonyl (C=O) groups excluding carboxylic acids is 1. The van der Waals surface area contributed by atoms with Crippen LogP contribution in [-0.2, 0) is 13.1 Å². The molecular weight excluding hydrogens is 376 g/mol. The van der Waals surface area contributed by atoms with E-state index in [4.69, 9.17) is 5.21 Å². The molecule has 1 amide bonds. The number of benzene rings is 2. The van der Waals surface area contributed by atoms with Gasteiger partial charge in [-0.1, -0.05) is 35.5 Å². The Morgan fingerprint density at radius 1 is 1.10 bits per heavy atom. The molecule has 0 saturated carbocycles. The number of aromatic nitrogens is 4. The minimum Gasteiger partial charge on any atom is -0.493 e. The molecule has 2 aromatic heterocycles. The van der Waals surface area contributed by atoms with Gasteiger partial charge in [0.2, 0.25) is 5.88 Å². The third-order valence-electron chi connectivity index (χ3n) is 4.58. The molecule has 0 radical (unpaired) electrons. The summed E-state index contributed by atoms with van der Waals surface area (Å²) in [5.74, 6) is -0.795. The number of aromatic hydroxyl groups is 1. The van der Waals surface area contributed by atoms with Crippen LogP contribution >= 0.6 is 0 Å². The second kappa shape index (κ2) is 7.52. The molecule has 0 bridgehead atoms. The lowest BCUT2D eigenvalue weighted by molar-refractivity contribution is 0.0706. The standard InChI is InChI=1S/C19H16N6O4/c26-18(22-29)13-7-5-12(6-8-13)9-24-10-14(20-23-24)11-25-16-4-2-1-3-15(16)17(21-28)19(25)27/h1-8,10,27,29H,9,11H2,(H,22,26). The number of hydrogen-bond donors (Lipinski definition) is 3. The summed E-state index contributed by atoms with van der Waals surface area (Å²) < 4.78 is 3.18. The van der Waals surface area contributed by atoms with Crippen LogP contribution in [0.3, 0.4) is 0 Å². The lowest BCUT2D eigenvalue weighted by Gasteiger charge is -2.04. The highest BCUT2D eigenvalue weighted by atomic mass is 16.5. The van der Waals surface area contributed by atoms with Crippen molar-refractivity contribution in [2.24, 2.45) is 5.18 Å². The Labute approximate surface area is 163 Å². The molecule has 10 heteroatoms. The van der Waals surface area contributed by atoms with Crippen molar-refractivity contribution in [1.29, 1.82) is 0 Å². The molecule has 2 aromatic carbocycles. The predicted octanol–water partition coefficient (Wildman–Crippen LogP) is 2.55. The van der Waals surface area contributed by atoms with Gasteiger partial charge in [0, 0.05) is 10.9 Å². The van der Waals surface area contributed by atoms with E-state index in [1.54, 1.807) is 63.4 Å². The maximum atomic E-state index is 11.4. The fourth-order valence-corrected chi connectivity index (χ4v) is 3.19. The van der Waals surface area contributed by atoms with E-state index >= 15 is 0 Å². The van der Waals surface area contributed by atoms with E-state index in [1.807, 2.05) is 6.07 Å². The van der Waals surface area contributed by atoms with Crippen LogP contribution in [0.2, 0.25) is 0 Å². The zero-order valence-corrected chi connectivity index (χ0v) is 15.1. The van der Waals surface area contributed by atoms with Crippen LogP contribution in [0.5, 0.6) is 5.88 Å². The molecule has 0 atom stereocenters. The molecule has 146 valence electrons. The van der Waals surface area contributed by atoms with Gasteiger partial charge in [-0.3, -0.25) is 10.0 Å². The summed E-state index contributed by atoms with van der Waals surface area (Å²) in [5.41, 5.74) is 4.07. The highest BCUT2D eigenvalue weighted by Crippen LogP contribution is 2.38. The Bertz CT molecular complexity index is 1200. The number of hydrogen-bond acceptors (Lipinski definition) is 7. The zero-order valence-electron chi connectivity index (χ0n) is 15.1. The highest BCUT2D eigenvalue weighted by molar-refractivity contribution is 5.95. The number of fused-ring (bicyclic) bond motifs is 1. The Balaban J connectivity index is 1.55. The molecule has 0 aliphatic rings. The van der Waals surface area contributed by atoms with Crippen LogP contribution in [-0.4, -0.2) is 35.8 Å². The number of carbonyl (C=O) groups is 1. The van der Waals surface area contributed by atoms with Crippen molar-refractivity contribution in [2.45, 2.75) is 13.1 Å². The molecule has 0 aliphatic carbocycles. The molecule has 10 nitrogen and oxygen atoms in total. The van der Waals surface area contributed by atoms with Gasteiger partial charge in [-0.05, 0) is 28.9 Å². The first-order valence-corrected chi connectivity index (χ1v) is 8.66. The van der Waals surface area contributed by atoms with E-state index in [0.717, 1.165) is 5.56 Å². The van der Waals surface area contributed by atoms with E-state index in [2.05, 4.69) is 15.5 Å². The summed E-state index contributed by atoms with van der Waals surface area (Å²) in [7, 11) is 0. The largest absolute Gasteiger partial charge is 0.493 e. The van der Waals surface area contributed by atoms with Crippen molar-refractivity contribution in [3.8, 4) is 5.88 Å². The molecule has 2 heterocycles. The van der Waals surface area contributed by atoms with Crippen molar-refractivity contribution in [3.05, 3.63) is 76.5 Å². The number of hydroxylamine groups is 1. The van der Waals surface area contributed by atoms with Crippen LogP contribution in [0.15, 0.2) is 59.9 Å². The summed E-state index contributed by atoms with van der Waals surface area (Å²) >= 11 is 0. The van der Waals surface area contributed by atoms with Crippen molar-refractivity contribution in [2.75, 3.05) is 0 Å². The zero-order chi connectivity index (χ0) is 20.4. The lowest BCUT2D eigenvalue weighted by Crippen LogP contribution is -2.18. The molecule has 0 fully saturated rings. The summed E-state index contributed by atoms with van der Waals surface area (Å²) in [5, 5.41) is 30.7.